The molecule has 2 N–H and O–H groups in total. The number of aromatic nitrogens is 3. The summed E-state index contributed by atoms with van der Waals surface area (Å²) in [5.74, 6) is -0.484. The maximum absolute atomic E-state index is 11.4. The molecule has 21 heavy (non-hydrogen) atoms. The van der Waals surface area contributed by atoms with E-state index >= 15 is 0 Å². The predicted molar refractivity (Wildman–Crippen MR) is 79.9 cm³/mol. The Hall–Kier alpha value is -2.89. The maximum Gasteiger partial charge on any atom is 0.336 e. The molecule has 0 amide bonds. The van der Waals surface area contributed by atoms with Gasteiger partial charge in [-0.2, -0.15) is 5.10 Å². The standard InChI is InChI=1S/C15H14N4O2/c1-2-19-9-10(8-16-19)17-14-7-12(15(20)21)11-5-3-4-6-13(11)18-14/h3-9H,2H2,1H3,(H,17,18)(H,20,21). The molecule has 0 saturated carbocycles. The Kier molecular flexibility index (Phi) is 3.27. The molecule has 6 nitrogen and oxygen atoms in total. The largest absolute Gasteiger partial charge is 0.478 e. The number of carbonyl (C=O) groups is 1. The van der Waals surface area contributed by atoms with Crippen molar-refractivity contribution in [3.63, 3.8) is 0 Å². The number of hydrogen-bond acceptors (Lipinski definition) is 4. The Morgan fingerprint density at radius 3 is 2.90 bits per heavy atom. The van der Waals surface area contributed by atoms with E-state index in [4.69, 9.17) is 0 Å². The van der Waals surface area contributed by atoms with E-state index in [9.17, 15) is 9.90 Å². The van der Waals surface area contributed by atoms with Crippen LogP contribution in [0.5, 0.6) is 0 Å². The van der Waals surface area contributed by atoms with E-state index in [-0.39, 0.29) is 5.56 Å². The highest BCUT2D eigenvalue weighted by Crippen LogP contribution is 2.23. The van der Waals surface area contributed by atoms with Crippen molar-refractivity contribution in [2.24, 2.45) is 0 Å². The van der Waals surface area contributed by atoms with Gasteiger partial charge in [0.2, 0.25) is 0 Å². The summed E-state index contributed by atoms with van der Waals surface area (Å²) in [6, 6.07) is 8.72. The number of nitrogens with zero attached hydrogens (tertiary/aromatic N) is 3. The van der Waals surface area contributed by atoms with Crippen molar-refractivity contribution < 1.29 is 9.90 Å². The summed E-state index contributed by atoms with van der Waals surface area (Å²) in [6.07, 6.45) is 3.53. The number of aromatic carboxylic acids is 1. The van der Waals surface area contributed by atoms with Crippen LogP contribution >= 0.6 is 0 Å². The van der Waals surface area contributed by atoms with Gasteiger partial charge in [-0.3, -0.25) is 4.68 Å². The van der Waals surface area contributed by atoms with E-state index in [1.807, 2.05) is 19.2 Å². The number of nitrogens with one attached hydrogen (secondary N) is 1. The minimum atomic E-state index is -0.971. The fourth-order valence-electron chi connectivity index (χ4n) is 2.17. The van der Waals surface area contributed by atoms with Crippen LogP contribution in [-0.4, -0.2) is 25.8 Å². The molecule has 2 aromatic heterocycles. The molecule has 0 aliphatic carbocycles. The molecule has 3 aromatic rings. The number of pyridine rings is 1. The van der Waals surface area contributed by atoms with Gasteiger partial charge in [0.05, 0.1) is 23.0 Å². The van der Waals surface area contributed by atoms with Gasteiger partial charge in [-0.05, 0) is 19.1 Å². The molecule has 6 heteroatoms. The Morgan fingerprint density at radius 1 is 1.38 bits per heavy atom. The molecule has 2 heterocycles. The Morgan fingerprint density at radius 2 is 2.19 bits per heavy atom. The van der Waals surface area contributed by atoms with Crippen molar-refractivity contribution in [1.29, 1.82) is 0 Å². The number of benzene rings is 1. The summed E-state index contributed by atoms with van der Waals surface area (Å²) >= 11 is 0. The lowest BCUT2D eigenvalue weighted by Gasteiger charge is -2.07. The summed E-state index contributed by atoms with van der Waals surface area (Å²) in [5.41, 5.74) is 1.64. The highest BCUT2D eigenvalue weighted by Gasteiger charge is 2.12. The second kappa shape index (κ2) is 5.24. The van der Waals surface area contributed by atoms with Crippen molar-refractivity contribution in [2.75, 3.05) is 5.32 Å². The van der Waals surface area contributed by atoms with Crippen molar-refractivity contribution in [3.05, 3.63) is 48.3 Å². The molecule has 0 spiro atoms. The number of hydrogen-bond donors (Lipinski definition) is 2. The van der Waals surface area contributed by atoms with Crippen LogP contribution in [0.15, 0.2) is 42.7 Å². The van der Waals surface area contributed by atoms with Crippen LogP contribution in [0.4, 0.5) is 11.5 Å². The molecule has 0 unspecified atom stereocenters. The molecule has 0 atom stereocenters. The number of carboxylic acid groups (broad SMARTS) is 1. The summed E-state index contributed by atoms with van der Waals surface area (Å²) < 4.78 is 1.78. The molecule has 0 fully saturated rings. The highest BCUT2D eigenvalue weighted by molar-refractivity contribution is 6.03. The molecular formula is C15H14N4O2. The van der Waals surface area contributed by atoms with Crippen LogP contribution in [0.1, 0.15) is 17.3 Å². The van der Waals surface area contributed by atoms with Crippen LogP contribution in [0.25, 0.3) is 10.9 Å². The van der Waals surface area contributed by atoms with Crippen molar-refractivity contribution in [3.8, 4) is 0 Å². The first-order chi connectivity index (χ1) is 10.2. The lowest BCUT2D eigenvalue weighted by Crippen LogP contribution is -2.02. The summed E-state index contributed by atoms with van der Waals surface area (Å²) in [7, 11) is 0. The van der Waals surface area contributed by atoms with Crippen LogP contribution in [-0.2, 0) is 6.54 Å². The van der Waals surface area contributed by atoms with E-state index in [0.29, 0.717) is 16.7 Å². The third kappa shape index (κ3) is 2.55. The fraction of sp³-hybridized carbons (Fsp3) is 0.133. The first-order valence-electron chi connectivity index (χ1n) is 6.60. The van der Waals surface area contributed by atoms with Gasteiger partial charge < -0.3 is 10.4 Å². The molecule has 106 valence electrons. The minimum absolute atomic E-state index is 0.228. The van der Waals surface area contributed by atoms with E-state index in [1.165, 1.54) is 6.07 Å². The second-order valence-electron chi connectivity index (χ2n) is 4.59. The SMILES string of the molecule is CCn1cc(Nc2cc(C(=O)O)c3ccccc3n2)cn1. The topological polar surface area (TPSA) is 80.0 Å². The van der Waals surface area contributed by atoms with E-state index in [0.717, 1.165) is 12.2 Å². The number of anilines is 2. The molecule has 0 aliphatic rings. The molecular weight excluding hydrogens is 268 g/mol. The summed E-state index contributed by atoms with van der Waals surface area (Å²) in [6.45, 7) is 2.76. The predicted octanol–water partition coefficient (Wildman–Crippen LogP) is 2.89. The van der Waals surface area contributed by atoms with Gasteiger partial charge in [-0.25, -0.2) is 9.78 Å². The minimum Gasteiger partial charge on any atom is -0.478 e. The van der Waals surface area contributed by atoms with Crippen LogP contribution < -0.4 is 5.32 Å². The van der Waals surface area contributed by atoms with E-state index in [2.05, 4.69) is 15.4 Å². The zero-order valence-electron chi connectivity index (χ0n) is 11.4. The average molecular weight is 282 g/mol. The summed E-state index contributed by atoms with van der Waals surface area (Å²) in [5, 5.41) is 17.2. The van der Waals surface area contributed by atoms with Crippen LogP contribution in [0.3, 0.4) is 0 Å². The molecule has 3 rings (SSSR count). The van der Waals surface area contributed by atoms with Crippen LogP contribution in [0.2, 0.25) is 0 Å². The Balaban J connectivity index is 2.04. The third-order valence-corrected chi connectivity index (χ3v) is 3.18. The number of para-hydroxylation sites is 1. The van der Waals surface area contributed by atoms with Gasteiger partial charge in [-0.1, -0.05) is 18.2 Å². The normalized spacial score (nSPS) is 10.7. The van der Waals surface area contributed by atoms with Gasteiger partial charge >= 0.3 is 5.97 Å². The number of aryl methyl sites for hydroxylation is 1. The van der Waals surface area contributed by atoms with Gasteiger partial charge in [0.25, 0.3) is 0 Å². The quantitative estimate of drug-likeness (QED) is 0.769. The first-order valence-corrected chi connectivity index (χ1v) is 6.60. The van der Waals surface area contributed by atoms with E-state index < -0.39 is 5.97 Å². The fourth-order valence-corrected chi connectivity index (χ4v) is 2.17. The highest BCUT2D eigenvalue weighted by atomic mass is 16.4. The van der Waals surface area contributed by atoms with Gasteiger partial charge in [0, 0.05) is 18.1 Å². The second-order valence-corrected chi connectivity index (χ2v) is 4.59. The molecule has 0 saturated heterocycles. The van der Waals surface area contributed by atoms with Gasteiger partial charge in [0.15, 0.2) is 0 Å². The zero-order chi connectivity index (χ0) is 14.8. The molecule has 0 radical (unpaired) electrons. The number of fused-ring (bicyclic) bond motifs is 1. The van der Waals surface area contributed by atoms with Gasteiger partial charge in [-0.15, -0.1) is 0 Å². The smallest absolute Gasteiger partial charge is 0.336 e. The monoisotopic (exact) mass is 282 g/mol. The number of rotatable bonds is 4. The zero-order valence-corrected chi connectivity index (χ0v) is 11.4. The summed E-state index contributed by atoms with van der Waals surface area (Å²) in [4.78, 5) is 15.8. The van der Waals surface area contributed by atoms with E-state index in [1.54, 1.807) is 29.1 Å². The average Bonchev–Trinajstić information content (AvgIpc) is 2.94. The molecule has 0 aliphatic heterocycles. The van der Waals surface area contributed by atoms with Crippen LogP contribution in [0, 0.1) is 0 Å². The third-order valence-electron chi connectivity index (χ3n) is 3.18. The van der Waals surface area contributed by atoms with Crippen molar-refractivity contribution in [2.45, 2.75) is 13.5 Å². The Labute approximate surface area is 121 Å². The van der Waals surface area contributed by atoms with Crippen molar-refractivity contribution in [1.82, 2.24) is 14.8 Å². The number of carboxylic acids is 1. The lowest BCUT2D eigenvalue weighted by atomic mass is 10.1. The maximum atomic E-state index is 11.4. The molecule has 1 aromatic carbocycles. The first kappa shape index (κ1) is 13.1. The molecule has 0 bridgehead atoms. The van der Waals surface area contributed by atoms with Gasteiger partial charge in [0.1, 0.15) is 5.82 Å². The Bertz CT molecular complexity index is 810. The lowest BCUT2D eigenvalue weighted by molar-refractivity contribution is 0.0699. The van der Waals surface area contributed by atoms with Crippen molar-refractivity contribution >= 4 is 28.4 Å².